The first-order valence-electron chi connectivity index (χ1n) is 9.97. The van der Waals surface area contributed by atoms with E-state index in [-0.39, 0.29) is 16.9 Å². The molecule has 154 valence electrons. The molecule has 3 rings (SSSR count). The molecule has 1 aromatic carbocycles. The van der Waals surface area contributed by atoms with Gasteiger partial charge in [0.25, 0.3) is 0 Å². The number of nitrogens with zero attached hydrogens (tertiary/aromatic N) is 3. The van der Waals surface area contributed by atoms with Crippen molar-refractivity contribution in [2.45, 2.75) is 78.5 Å². The molecule has 28 heavy (non-hydrogen) atoms. The zero-order valence-corrected chi connectivity index (χ0v) is 19.4. The summed E-state index contributed by atoms with van der Waals surface area (Å²) in [7, 11) is 0. The van der Waals surface area contributed by atoms with Gasteiger partial charge in [-0.15, -0.1) is 0 Å². The lowest BCUT2D eigenvalue weighted by molar-refractivity contribution is -0.0911. The quantitative estimate of drug-likeness (QED) is 0.659. The molecule has 1 aromatic heterocycles. The summed E-state index contributed by atoms with van der Waals surface area (Å²) >= 11 is 11.8. The molecule has 0 spiro atoms. The van der Waals surface area contributed by atoms with Gasteiger partial charge in [0.2, 0.25) is 0 Å². The Labute approximate surface area is 178 Å². The van der Waals surface area contributed by atoms with E-state index in [1.54, 1.807) is 11.0 Å². The summed E-state index contributed by atoms with van der Waals surface area (Å²) in [4.78, 5) is 0. The molecule has 1 heterocycles. The standard InChI is InChI=1S/C22H32ClN3OS/c1-15-11-18(23)8-7-16(15)12-17-9-10-21(5,6)22(17,27)13-26-19(28)25(14-24-26)20(2,3)4/h7-8,11,14,17,27H,9-10,12-13H2,1-6H3. The van der Waals surface area contributed by atoms with Gasteiger partial charge in [-0.05, 0) is 93.8 Å². The SMILES string of the molecule is Cc1cc(Cl)ccc1CC1CCC(C)(C)C1(O)Cn1ncn(C(C)(C)C)c1=S. The van der Waals surface area contributed by atoms with Crippen LogP contribution >= 0.6 is 23.8 Å². The minimum absolute atomic E-state index is 0.136. The van der Waals surface area contributed by atoms with E-state index in [0.717, 1.165) is 24.3 Å². The summed E-state index contributed by atoms with van der Waals surface area (Å²) in [6.07, 6.45) is 4.58. The smallest absolute Gasteiger partial charge is 0.198 e. The van der Waals surface area contributed by atoms with Crippen LogP contribution in [0.2, 0.25) is 5.02 Å². The first kappa shape index (κ1) is 21.5. The van der Waals surface area contributed by atoms with Gasteiger partial charge in [0, 0.05) is 10.6 Å². The van der Waals surface area contributed by atoms with Gasteiger partial charge in [0.05, 0.1) is 12.1 Å². The molecule has 6 heteroatoms. The molecule has 2 aromatic rings. The lowest BCUT2D eigenvalue weighted by Gasteiger charge is -2.41. The molecule has 0 amide bonds. The summed E-state index contributed by atoms with van der Waals surface area (Å²) in [6, 6.07) is 6.02. The second kappa shape index (κ2) is 7.26. The molecule has 1 N–H and O–H groups in total. The predicted molar refractivity (Wildman–Crippen MR) is 117 cm³/mol. The number of aryl methyl sites for hydroxylation is 1. The predicted octanol–water partition coefficient (Wildman–Crippen LogP) is 5.54. The minimum Gasteiger partial charge on any atom is -0.387 e. The van der Waals surface area contributed by atoms with Crippen LogP contribution in [0.5, 0.6) is 0 Å². The van der Waals surface area contributed by atoms with Crippen molar-refractivity contribution in [3.63, 3.8) is 0 Å². The molecule has 2 unspecified atom stereocenters. The average molecular weight is 422 g/mol. The summed E-state index contributed by atoms with van der Waals surface area (Å²) in [5.74, 6) is 0.143. The molecule has 0 radical (unpaired) electrons. The fourth-order valence-corrected chi connectivity index (χ4v) is 5.10. The van der Waals surface area contributed by atoms with Crippen molar-refractivity contribution in [2.24, 2.45) is 11.3 Å². The highest BCUT2D eigenvalue weighted by Crippen LogP contribution is 2.51. The average Bonchev–Trinajstić information content (AvgIpc) is 3.02. The maximum absolute atomic E-state index is 11.9. The second-order valence-electron chi connectivity index (χ2n) is 9.93. The number of rotatable bonds is 4. The Bertz CT molecular complexity index is 925. The van der Waals surface area contributed by atoms with Gasteiger partial charge in [0.1, 0.15) is 6.33 Å². The van der Waals surface area contributed by atoms with Gasteiger partial charge in [-0.25, -0.2) is 4.68 Å². The minimum atomic E-state index is -0.881. The Balaban J connectivity index is 1.93. The number of halogens is 1. The largest absolute Gasteiger partial charge is 0.387 e. The summed E-state index contributed by atoms with van der Waals surface area (Å²) in [6.45, 7) is 13.1. The van der Waals surface area contributed by atoms with Crippen LogP contribution in [0.4, 0.5) is 0 Å². The zero-order chi connectivity index (χ0) is 20.9. The van der Waals surface area contributed by atoms with Crippen molar-refractivity contribution < 1.29 is 5.11 Å². The molecule has 1 aliphatic rings. The highest BCUT2D eigenvalue weighted by Gasteiger charge is 2.54. The summed E-state index contributed by atoms with van der Waals surface area (Å²) < 4.78 is 4.45. The monoisotopic (exact) mass is 421 g/mol. The molecule has 0 bridgehead atoms. The van der Waals surface area contributed by atoms with Gasteiger partial charge in [-0.2, -0.15) is 5.10 Å². The Hall–Kier alpha value is -1.17. The normalized spacial score (nSPS) is 24.6. The second-order valence-corrected chi connectivity index (χ2v) is 10.7. The molecule has 2 atom stereocenters. The topological polar surface area (TPSA) is 43.0 Å². The van der Waals surface area contributed by atoms with Crippen LogP contribution < -0.4 is 0 Å². The number of aliphatic hydroxyl groups is 1. The number of hydrogen-bond donors (Lipinski definition) is 1. The van der Waals surface area contributed by atoms with Crippen molar-refractivity contribution in [2.75, 3.05) is 0 Å². The number of hydrogen-bond acceptors (Lipinski definition) is 3. The van der Waals surface area contributed by atoms with Crippen molar-refractivity contribution in [3.8, 4) is 0 Å². The summed E-state index contributed by atoms with van der Waals surface area (Å²) in [5.41, 5.74) is 1.19. The highest BCUT2D eigenvalue weighted by molar-refractivity contribution is 7.71. The van der Waals surface area contributed by atoms with Gasteiger partial charge in [-0.3, -0.25) is 0 Å². The summed E-state index contributed by atoms with van der Waals surface area (Å²) in [5, 5.41) is 17.2. The van der Waals surface area contributed by atoms with E-state index in [2.05, 4.69) is 52.7 Å². The van der Waals surface area contributed by atoms with Crippen LogP contribution in [-0.2, 0) is 18.5 Å². The van der Waals surface area contributed by atoms with E-state index in [0.29, 0.717) is 11.3 Å². The van der Waals surface area contributed by atoms with Gasteiger partial charge >= 0.3 is 0 Å². The van der Waals surface area contributed by atoms with Crippen molar-refractivity contribution >= 4 is 23.8 Å². The molecule has 0 saturated heterocycles. The van der Waals surface area contributed by atoms with Crippen LogP contribution in [0.1, 0.15) is 58.6 Å². The van der Waals surface area contributed by atoms with Gasteiger partial charge in [-0.1, -0.05) is 31.5 Å². The Morgan fingerprint density at radius 3 is 2.57 bits per heavy atom. The fourth-order valence-electron chi connectivity index (χ4n) is 4.44. The third-order valence-electron chi connectivity index (χ3n) is 6.58. The van der Waals surface area contributed by atoms with E-state index in [4.69, 9.17) is 23.8 Å². The highest BCUT2D eigenvalue weighted by atomic mass is 35.5. The molecule has 4 nitrogen and oxygen atoms in total. The van der Waals surface area contributed by atoms with Crippen molar-refractivity contribution in [1.82, 2.24) is 14.3 Å². The van der Waals surface area contributed by atoms with Crippen LogP contribution in [0, 0.1) is 23.0 Å². The third kappa shape index (κ3) is 3.81. The zero-order valence-electron chi connectivity index (χ0n) is 17.8. The van der Waals surface area contributed by atoms with Gasteiger partial charge in [0.15, 0.2) is 4.77 Å². The Morgan fingerprint density at radius 1 is 1.32 bits per heavy atom. The number of benzene rings is 1. The Morgan fingerprint density at radius 2 is 2.00 bits per heavy atom. The van der Waals surface area contributed by atoms with Crippen LogP contribution in [0.15, 0.2) is 24.5 Å². The maximum atomic E-state index is 11.9. The number of aromatic nitrogens is 3. The van der Waals surface area contributed by atoms with Crippen LogP contribution in [-0.4, -0.2) is 25.1 Å². The van der Waals surface area contributed by atoms with Gasteiger partial charge < -0.3 is 9.67 Å². The molecular formula is C22H32ClN3OS. The van der Waals surface area contributed by atoms with E-state index >= 15 is 0 Å². The Kier molecular flexibility index (Phi) is 5.59. The lowest BCUT2D eigenvalue weighted by Crippen LogP contribution is -2.49. The first-order valence-corrected chi connectivity index (χ1v) is 10.8. The lowest BCUT2D eigenvalue weighted by atomic mass is 9.72. The molecule has 0 aliphatic heterocycles. The van der Waals surface area contributed by atoms with Crippen molar-refractivity contribution in [3.05, 3.63) is 45.4 Å². The van der Waals surface area contributed by atoms with E-state index < -0.39 is 5.60 Å². The van der Waals surface area contributed by atoms with E-state index in [1.165, 1.54) is 11.1 Å². The molecule has 1 aliphatic carbocycles. The first-order chi connectivity index (χ1) is 12.8. The van der Waals surface area contributed by atoms with Crippen LogP contribution in [0.3, 0.4) is 0 Å². The van der Waals surface area contributed by atoms with Crippen molar-refractivity contribution in [1.29, 1.82) is 0 Å². The van der Waals surface area contributed by atoms with E-state index in [9.17, 15) is 5.11 Å². The third-order valence-corrected chi connectivity index (χ3v) is 7.23. The fraction of sp³-hybridized carbons (Fsp3) is 0.636. The molecule has 1 fully saturated rings. The molecule has 1 saturated carbocycles. The maximum Gasteiger partial charge on any atom is 0.198 e. The van der Waals surface area contributed by atoms with E-state index in [1.807, 2.05) is 16.7 Å². The van der Waals surface area contributed by atoms with Crippen LogP contribution in [0.25, 0.3) is 0 Å². The molecular weight excluding hydrogens is 390 g/mol.